The van der Waals surface area contributed by atoms with Gasteiger partial charge in [0.25, 0.3) is 0 Å². The predicted molar refractivity (Wildman–Crippen MR) is 79.6 cm³/mol. The highest BCUT2D eigenvalue weighted by Gasteiger charge is 2.21. The molecular weight excluding hydrogens is 314 g/mol. The van der Waals surface area contributed by atoms with Gasteiger partial charge in [-0.1, -0.05) is 11.6 Å². The highest BCUT2D eigenvalue weighted by atomic mass is 35.5. The first-order valence-corrected chi connectivity index (χ1v) is 8.17. The number of rotatable bonds is 5. The van der Waals surface area contributed by atoms with Gasteiger partial charge in [0, 0.05) is 5.02 Å². The molecule has 1 heterocycles. The van der Waals surface area contributed by atoms with Gasteiger partial charge in [-0.25, -0.2) is 13.1 Å². The minimum Gasteiger partial charge on any atom is -0.465 e. The average Bonchev–Trinajstić information content (AvgIpc) is 2.85. The molecule has 5 nitrogen and oxygen atoms in total. The maximum atomic E-state index is 12.3. The summed E-state index contributed by atoms with van der Waals surface area (Å²) in [6.07, 6.45) is 0. The summed E-state index contributed by atoms with van der Waals surface area (Å²) in [5.41, 5.74) is 0.362. The van der Waals surface area contributed by atoms with Crippen LogP contribution in [-0.4, -0.2) is 13.5 Å². The Morgan fingerprint density at radius 2 is 2.05 bits per heavy atom. The van der Waals surface area contributed by atoms with Crippen LogP contribution in [0.1, 0.15) is 30.0 Å². The molecule has 0 fully saturated rings. The molecule has 2 rings (SSSR count). The summed E-state index contributed by atoms with van der Waals surface area (Å²) in [4.78, 5) is 0.0473. The van der Waals surface area contributed by atoms with Crippen LogP contribution in [0.25, 0.3) is 0 Å². The van der Waals surface area contributed by atoms with Crippen LogP contribution in [-0.2, 0) is 16.6 Å². The third kappa shape index (κ3) is 3.65. The second kappa shape index (κ2) is 6.19. The van der Waals surface area contributed by atoms with Gasteiger partial charge in [0.15, 0.2) is 0 Å². The van der Waals surface area contributed by atoms with E-state index in [1.165, 1.54) is 18.2 Å². The topological polar surface area (TPSA) is 79.5 Å². The van der Waals surface area contributed by atoms with Gasteiger partial charge in [-0.3, -0.25) is 0 Å². The minimum absolute atomic E-state index is 0.0473. The second-order valence-corrected chi connectivity index (χ2v) is 6.82. The Kier molecular flexibility index (Phi) is 4.73. The van der Waals surface area contributed by atoms with Crippen LogP contribution in [0.5, 0.6) is 0 Å². The lowest BCUT2D eigenvalue weighted by atomic mass is 10.2. The van der Waals surface area contributed by atoms with Crippen molar-refractivity contribution in [2.75, 3.05) is 0 Å². The highest BCUT2D eigenvalue weighted by Crippen LogP contribution is 2.23. The smallest absolute Gasteiger partial charge is 0.241 e. The first kappa shape index (κ1) is 16.0. The average molecular weight is 330 g/mol. The molecule has 0 amide bonds. The number of hydrogen-bond donors (Lipinski definition) is 2. The van der Waals surface area contributed by atoms with E-state index in [4.69, 9.17) is 21.1 Å². The van der Waals surface area contributed by atoms with Crippen LogP contribution in [0.15, 0.2) is 39.6 Å². The molecule has 0 bridgehead atoms. The molecule has 0 aliphatic rings. The van der Waals surface area contributed by atoms with E-state index in [1.807, 2.05) is 0 Å². The number of aliphatic hydroxyl groups excluding tert-OH is 1. The molecule has 7 heteroatoms. The molecule has 0 aliphatic heterocycles. The minimum atomic E-state index is -3.73. The molecule has 1 aromatic heterocycles. The van der Waals surface area contributed by atoms with E-state index >= 15 is 0 Å². The number of nitrogens with one attached hydrogen (secondary N) is 1. The number of halogens is 1. The third-order valence-electron chi connectivity index (χ3n) is 3.02. The summed E-state index contributed by atoms with van der Waals surface area (Å²) < 4.78 is 32.6. The Labute approximate surface area is 128 Å². The maximum absolute atomic E-state index is 12.3. The van der Waals surface area contributed by atoms with Crippen LogP contribution in [0.2, 0.25) is 5.02 Å². The van der Waals surface area contributed by atoms with Crippen LogP contribution >= 0.6 is 11.6 Å². The largest absolute Gasteiger partial charge is 0.465 e. The monoisotopic (exact) mass is 329 g/mol. The van der Waals surface area contributed by atoms with Crippen LogP contribution in [0.4, 0.5) is 0 Å². The highest BCUT2D eigenvalue weighted by molar-refractivity contribution is 7.89. The van der Waals surface area contributed by atoms with Gasteiger partial charge in [0.1, 0.15) is 11.5 Å². The first-order chi connectivity index (χ1) is 9.83. The van der Waals surface area contributed by atoms with Crippen molar-refractivity contribution in [3.05, 3.63) is 52.4 Å². The molecule has 2 aromatic rings. The van der Waals surface area contributed by atoms with Gasteiger partial charge in [-0.05, 0) is 49.7 Å². The Bertz CT molecular complexity index is 739. The van der Waals surface area contributed by atoms with E-state index in [9.17, 15) is 8.42 Å². The molecule has 0 saturated heterocycles. The van der Waals surface area contributed by atoms with Crippen LogP contribution < -0.4 is 4.72 Å². The number of benzene rings is 1. The quantitative estimate of drug-likeness (QED) is 0.884. The Morgan fingerprint density at radius 1 is 1.33 bits per heavy atom. The lowest BCUT2D eigenvalue weighted by molar-refractivity contribution is 0.281. The van der Waals surface area contributed by atoms with E-state index < -0.39 is 16.1 Å². The second-order valence-electron chi connectivity index (χ2n) is 4.70. The van der Waals surface area contributed by atoms with E-state index in [-0.39, 0.29) is 11.5 Å². The lowest BCUT2D eigenvalue weighted by Crippen LogP contribution is -2.26. The zero-order valence-electron chi connectivity index (χ0n) is 11.6. The zero-order valence-corrected chi connectivity index (χ0v) is 13.2. The van der Waals surface area contributed by atoms with Gasteiger partial charge in [0.2, 0.25) is 10.0 Å². The molecule has 1 atom stereocenters. The van der Waals surface area contributed by atoms with Crippen molar-refractivity contribution < 1.29 is 17.9 Å². The molecule has 21 heavy (non-hydrogen) atoms. The van der Waals surface area contributed by atoms with E-state index in [0.717, 1.165) is 0 Å². The molecule has 0 radical (unpaired) electrons. The molecule has 0 aliphatic carbocycles. The third-order valence-corrected chi connectivity index (χ3v) is 4.92. The SMILES string of the molecule is Cc1ccc(C(C)NS(=O)(=O)c2ccc(Cl)c(CO)c2)o1. The molecule has 1 unspecified atom stereocenters. The number of furan rings is 1. The molecule has 2 N–H and O–H groups in total. The van der Waals surface area contributed by atoms with Gasteiger partial charge in [-0.15, -0.1) is 0 Å². The van der Waals surface area contributed by atoms with Gasteiger partial charge >= 0.3 is 0 Å². The summed E-state index contributed by atoms with van der Waals surface area (Å²) in [5.74, 6) is 1.25. The molecule has 0 spiro atoms. The Morgan fingerprint density at radius 3 is 2.62 bits per heavy atom. The van der Waals surface area contributed by atoms with Gasteiger partial charge in [-0.2, -0.15) is 0 Å². The summed E-state index contributed by atoms with van der Waals surface area (Å²) in [5, 5.41) is 9.48. The summed E-state index contributed by atoms with van der Waals surface area (Å²) in [6.45, 7) is 3.16. The number of aryl methyl sites for hydroxylation is 1. The summed E-state index contributed by atoms with van der Waals surface area (Å²) in [7, 11) is -3.73. The standard InChI is InChI=1S/C14H16ClNO4S/c1-9-3-6-14(20-9)10(2)16-21(18,19)12-4-5-13(15)11(7-12)8-17/h3-7,10,16-17H,8H2,1-2H3. The Balaban J connectivity index is 2.26. The van der Waals surface area contributed by atoms with Crippen molar-refractivity contribution in [2.45, 2.75) is 31.4 Å². The lowest BCUT2D eigenvalue weighted by Gasteiger charge is -2.13. The summed E-state index contributed by atoms with van der Waals surface area (Å²) in [6, 6.07) is 7.19. The first-order valence-electron chi connectivity index (χ1n) is 6.31. The fourth-order valence-electron chi connectivity index (χ4n) is 1.88. The number of hydrogen-bond acceptors (Lipinski definition) is 4. The molecule has 1 aromatic carbocycles. The fraction of sp³-hybridized carbons (Fsp3) is 0.286. The zero-order chi connectivity index (χ0) is 15.6. The van der Waals surface area contributed by atoms with Gasteiger partial charge < -0.3 is 9.52 Å². The summed E-state index contributed by atoms with van der Waals surface area (Å²) >= 11 is 5.86. The van der Waals surface area contributed by atoms with Crippen molar-refractivity contribution in [1.29, 1.82) is 0 Å². The van der Waals surface area contributed by atoms with Crippen LogP contribution in [0, 0.1) is 6.92 Å². The normalized spacial score (nSPS) is 13.3. The molecule has 0 saturated carbocycles. The molecular formula is C14H16ClNO4S. The van der Waals surface area contributed by atoms with Crippen molar-refractivity contribution in [3.8, 4) is 0 Å². The predicted octanol–water partition coefficient (Wildman–Crippen LogP) is 2.77. The van der Waals surface area contributed by atoms with E-state index in [2.05, 4.69) is 4.72 Å². The van der Waals surface area contributed by atoms with Crippen LogP contribution in [0.3, 0.4) is 0 Å². The van der Waals surface area contributed by atoms with E-state index in [0.29, 0.717) is 22.1 Å². The number of sulfonamides is 1. The van der Waals surface area contributed by atoms with Crippen molar-refractivity contribution >= 4 is 21.6 Å². The fourth-order valence-corrected chi connectivity index (χ4v) is 3.32. The van der Waals surface area contributed by atoms with E-state index in [1.54, 1.807) is 26.0 Å². The van der Waals surface area contributed by atoms with Crippen molar-refractivity contribution in [3.63, 3.8) is 0 Å². The number of aliphatic hydroxyl groups is 1. The van der Waals surface area contributed by atoms with Crippen molar-refractivity contribution in [2.24, 2.45) is 0 Å². The van der Waals surface area contributed by atoms with Crippen molar-refractivity contribution in [1.82, 2.24) is 4.72 Å². The Hall–Kier alpha value is -1.34. The maximum Gasteiger partial charge on any atom is 0.241 e. The van der Waals surface area contributed by atoms with Gasteiger partial charge in [0.05, 0.1) is 17.5 Å². The molecule has 114 valence electrons.